The van der Waals surface area contributed by atoms with E-state index in [1.807, 2.05) is 31.2 Å². The molecule has 72 valence electrons. The predicted octanol–water partition coefficient (Wildman–Crippen LogP) is 1.43. The average Bonchev–Trinajstić information content (AvgIpc) is 2.44. The van der Waals surface area contributed by atoms with Crippen molar-refractivity contribution in [2.75, 3.05) is 0 Å². The fraction of sp³-hybridized carbons (Fsp3) is 0.200. The van der Waals surface area contributed by atoms with Crippen molar-refractivity contribution < 1.29 is 9.90 Å². The zero-order valence-corrected chi connectivity index (χ0v) is 7.77. The lowest BCUT2D eigenvalue weighted by Crippen LogP contribution is -2.11. The maximum Gasteiger partial charge on any atom is 0.325 e. The topological polar surface area (TPSA) is 55.1 Å². The Morgan fingerprint density at radius 1 is 1.50 bits per heavy atom. The molecule has 0 atom stereocenters. The SMILES string of the molecule is Cc1c2ccccc2nn1CC(=O)O. The summed E-state index contributed by atoms with van der Waals surface area (Å²) in [5, 5.41) is 13.9. The van der Waals surface area contributed by atoms with Gasteiger partial charge in [0.2, 0.25) is 0 Å². The third-order valence-electron chi connectivity index (χ3n) is 2.19. The third-order valence-corrected chi connectivity index (χ3v) is 2.19. The number of rotatable bonds is 2. The Labute approximate surface area is 80.8 Å². The number of hydrogen-bond acceptors (Lipinski definition) is 2. The second-order valence-electron chi connectivity index (χ2n) is 3.15. The Bertz CT molecular complexity index is 488. The van der Waals surface area contributed by atoms with Crippen LogP contribution in [0.15, 0.2) is 24.3 Å². The van der Waals surface area contributed by atoms with E-state index in [0.717, 1.165) is 16.6 Å². The molecule has 4 nitrogen and oxygen atoms in total. The molecule has 1 aromatic heterocycles. The standard InChI is InChI=1S/C10H10N2O2/c1-7-8-4-2-3-5-9(8)11-12(7)6-10(13)14/h2-5H,6H2,1H3,(H,13,14). The van der Waals surface area contributed by atoms with Crippen molar-refractivity contribution in [3.8, 4) is 0 Å². The smallest absolute Gasteiger partial charge is 0.325 e. The van der Waals surface area contributed by atoms with Crippen LogP contribution in [0.4, 0.5) is 0 Å². The van der Waals surface area contributed by atoms with Crippen LogP contribution < -0.4 is 0 Å². The Balaban J connectivity index is 2.57. The van der Waals surface area contributed by atoms with Crippen LogP contribution in [0.3, 0.4) is 0 Å². The predicted molar refractivity (Wildman–Crippen MR) is 52.1 cm³/mol. The van der Waals surface area contributed by atoms with Gasteiger partial charge in [0.1, 0.15) is 6.54 Å². The zero-order valence-electron chi connectivity index (χ0n) is 7.77. The van der Waals surface area contributed by atoms with Gasteiger partial charge in [-0.3, -0.25) is 9.48 Å². The lowest BCUT2D eigenvalue weighted by atomic mass is 10.2. The van der Waals surface area contributed by atoms with Crippen molar-refractivity contribution in [1.82, 2.24) is 9.78 Å². The fourth-order valence-corrected chi connectivity index (χ4v) is 1.49. The normalized spacial score (nSPS) is 10.6. The third kappa shape index (κ3) is 1.35. The molecular formula is C10H10N2O2. The number of hydrogen-bond donors (Lipinski definition) is 1. The highest BCUT2D eigenvalue weighted by atomic mass is 16.4. The van der Waals surface area contributed by atoms with Gasteiger partial charge in [-0.25, -0.2) is 0 Å². The number of aryl methyl sites for hydroxylation is 1. The molecular weight excluding hydrogens is 180 g/mol. The molecule has 0 saturated heterocycles. The molecule has 1 N–H and O–H groups in total. The molecule has 0 unspecified atom stereocenters. The highest BCUT2D eigenvalue weighted by Crippen LogP contribution is 2.16. The lowest BCUT2D eigenvalue weighted by molar-refractivity contribution is -0.137. The highest BCUT2D eigenvalue weighted by molar-refractivity contribution is 5.81. The van der Waals surface area contributed by atoms with Gasteiger partial charge >= 0.3 is 5.97 Å². The van der Waals surface area contributed by atoms with Gasteiger partial charge < -0.3 is 5.11 Å². The Morgan fingerprint density at radius 2 is 2.21 bits per heavy atom. The summed E-state index contributed by atoms with van der Waals surface area (Å²) in [7, 11) is 0. The van der Waals surface area contributed by atoms with Crippen LogP contribution >= 0.6 is 0 Å². The molecule has 0 bridgehead atoms. The summed E-state index contributed by atoms with van der Waals surface area (Å²) in [6.07, 6.45) is 0. The van der Waals surface area contributed by atoms with Crippen LogP contribution in [0.5, 0.6) is 0 Å². The first-order valence-electron chi connectivity index (χ1n) is 4.32. The van der Waals surface area contributed by atoms with Gasteiger partial charge in [0, 0.05) is 11.1 Å². The van der Waals surface area contributed by atoms with Crippen molar-refractivity contribution in [2.45, 2.75) is 13.5 Å². The summed E-state index contributed by atoms with van der Waals surface area (Å²) in [6, 6.07) is 7.62. The molecule has 0 amide bonds. The van der Waals surface area contributed by atoms with Gasteiger partial charge in [-0.2, -0.15) is 5.10 Å². The molecule has 14 heavy (non-hydrogen) atoms. The number of carbonyl (C=O) groups is 1. The van der Waals surface area contributed by atoms with Crippen molar-refractivity contribution in [1.29, 1.82) is 0 Å². The number of carboxylic acid groups (broad SMARTS) is 1. The Hall–Kier alpha value is -1.84. The van der Waals surface area contributed by atoms with E-state index in [2.05, 4.69) is 5.10 Å². The van der Waals surface area contributed by atoms with Crippen molar-refractivity contribution in [2.24, 2.45) is 0 Å². The quantitative estimate of drug-likeness (QED) is 0.779. The largest absolute Gasteiger partial charge is 0.480 e. The molecule has 0 saturated carbocycles. The summed E-state index contributed by atoms with van der Waals surface area (Å²) in [6.45, 7) is 1.79. The van der Waals surface area contributed by atoms with Crippen LogP contribution in [-0.2, 0) is 11.3 Å². The molecule has 0 radical (unpaired) electrons. The minimum atomic E-state index is -0.874. The van der Waals surface area contributed by atoms with E-state index in [1.54, 1.807) is 0 Å². The van der Waals surface area contributed by atoms with Gasteiger partial charge in [-0.15, -0.1) is 0 Å². The van der Waals surface area contributed by atoms with E-state index in [4.69, 9.17) is 5.11 Å². The van der Waals surface area contributed by atoms with Crippen LogP contribution in [0, 0.1) is 6.92 Å². The average molecular weight is 190 g/mol. The Kier molecular flexibility index (Phi) is 1.96. The molecule has 2 aromatic rings. The van der Waals surface area contributed by atoms with Crippen molar-refractivity contribution in [3.63, 3.8) is 0 Å². The highest BCUT2D eigenvalue weighted by Gasteiger charge is 2.08. The number of nitrogens with zero attached hydrogens (tertiary/aromatic N) is 2. The molecule has 0 aliphatic carbocycles. The minimum absolute atomic E-state index is 0.0828. The van der Waals surface area contributed by atoms with Gasteiger partial charge in [0.15, 0.2) is 0 Å². The minimum Gasteiger partial charge on any atom is -0.480 e. The number of carboxylic acids is 1. The van der Waals surface area contributed by atoms with Crippen LogP contribution in [0.1, 0.15) is 5.69 Å². The number of fused-ring (bicyclic) bond motifs is 1. The number of aromatic nitrogens is 2. The zero-order chi connectivity index (χ0) is 10.1. The fourth-order valence-electron chi connectivity index (χ4n) is 1.49. The van der Waals surface area contributed by atoms with E-state index in [9.17, 15) is 4.79 Å². The summed E-state index contributed by atoms with van der Waals surface area (Å²) in [4.78, 5) is 10.5. The van der Waals surface area contributed by atoms with Crippen molar-refractivity contribution >= 4 is 16.9 Å². The first-order chi connectivity index (χ1) is 6.68. The second-order valence-corrected chi connectivity index (χ2v) is 3.15. The monoisotopic (exact) mass is 190 g/mol. The molecule has 4 heteroatoms. The van der Waals surface area contributed by atoms with Crippen molar-refractivity contribution in [3.05, 3.63) is 30.0 Å². The van der Waals surface area contributed by atoms with Crippen LogP contribution in [0.2, 0.25) is 0 Å². The lowest BCUT2D eigenvalue weighted by Gasteiger charge is -1.98. The molecule has 1 heterocycles. The molecule has 0 aliphatic rings. The summed E-state index contributed by atoms with van der Waals surface area (Å²) in [5.74, 6) is -0.874. The summed E-state index contributed by atoms with van der Waals surface area (Å²) < 4.78 is 1.51. The second kappa shape index (κ2) is 3.14. The number of aliphatic carboxylic acids is 1. The van der Waals surface area contributed by atoms with Gasteiger partial charge in [-0.05, 0) is 13.0 Å². The molecule has 1 aromatic carbocycles. The molecule has 0 aliphatic heterocycles. The van der Waals surface area contributed by atoms with Gasteiger partial charge in [-0.1, -0.05) is 18.2 Å². The Morgan fingerprint density at radius 3 is 2.86 bits per heavy atom. The molecule has 0 spiro atoms. The maximum atomic E-state index is 10.5. The van der Waals surface area contributed by atoms with E-state index in [0.29, 0.717) is 0 Å². The summed E-state index contributed by atoms with van der Waals surface area (Å²) in [5.41, 5.74) is 1.73. The van der Waals surface area contributed by atoms with Crippen LogP contribution in [0.25, 0.3) is 10.9 Å². The van der Waals surface area contributed by atoms with Gasteiger partial charge in [0.25, 0.3) is 0 Å². The van der Waals surface area contributed by atoms with E-state index >= 15 is 0 Å². The number of benzene rings is 1. The van der Waals surface area contributed by atoms with E-state index in [1.165, 1.54) is 4.68 Å². The molecule has 2 rings (SSSR count). The maximum absolute atomic E-state index is 10.5. The van der Waals surface area contributed by atoms with Crippen LogP contribution in [-0.4, -0.2) is 20.9 Å². The van der Waals surface area contributed by atoms with Gasteiger partial charge in [0.05, 0.1) is 5.52 Å². The molecule has 0 fully saturated rings. The van der Waals surface area contributed by atoms with E-state index in [-0.39, 0.29) is 6.54 Å². The van der Waals surface area contributed by atoms with E-state index < -0.39 is 5.97 Å². The first kappa shape index (κ1) is 8.74. The summed E-state index contributed by atoms with van der Waals surface area (Å²) >= 11 is 0. The first-order valence-corrected chi connectivity index (χ1v) is 4.32.